The van der Waals surface area contributed by atoms with Gasteiger partial charge in [0.15, 0.2) is 0 Å². The summed E-state index contributed by atoms with van der Waals surface area (Å²) in [7, 11) is -5.19. The molecule has 0 saturated heterocycles. The molecular formula is C18H7Cl6O3P-2. The maximum absolute atomic E-state index is 12.0. The Labute approximate surface area is 190 Å². The van der Waals surface area contributed by atoms with Crippen molar-refractivity contribution in [2.75, 3.05) is 0 Å². The maximum atomic E-state index is 12.0. The van der Waals surface area contributed by atoms with Crippen LogP contribution in [0.2, 0.25) is 30.1 Å². The fourth-order valence-corrected chi connectivity index (χ4v) is 4.79. The van der Waals surface area contributed by atoms with E-state index in [-0.39, 0.29) is 41.3 Å². The molecule has 28 heavy (non-hydrogen) atoms. The van der Waals surface area contributed by atoms with E-state index >= 15 is 0 Å². The quantitative estimate of drug-likeness (QED) is 0.297. The Morgan fingerprint density at radius 3 is 1.61 bits per heavy atom. The smallest absolute Gasteiger partial charge is 0.0607 e. The van der Waals surface area contributed by atoms with Crippen molar-refractivity contribution in [1.29, 1.82) is 0 Å². The van der Waals surface area contributed by atoms with Crippen LogP contribution in [0.25, 0.3) is 22.3 Å². The molecule has 3 rings (SSSR count). The monoisotopic (exact) mass is 512 g/mol. The van der Waals surface area contributed by atoms with E-state index in [1.54, 1.807) is 6.07 Å². The highest BCUT2D eigenvalue weighted by molar-refractivity contribution is 7.57. The van der Waals surface area contributed by atoms with Crippen molar-refractivity contribution in [3.05, 3.63) is 72.6 Å². The van der Waals surface area contributed by atoms with Gasteiger partial charge in [-0.25, -0.2) is 0 Å². The van der Waals surface area contributed by atoms with Crippen molar-refractivity contribution in [1.82, 2.24) is 0 Å². The fraction of sp³-hybridized carbons (Fsp3) is 0. The van der Waals surface area contributed by atoms with Gasteiger partial charge in [-0.2, -0.15) is 0 Å². The molecule has 10 heteroatoms. The molecule has 0 amide bonds. The van der Waals surface area contributed by atoms with Crippen LogP contribution in [0.15, 0.2) is 42.5 Å². The molecule has 0 fully saturated rings. The van der Waals surface area contributed by atoms with Gasteiger partial charge in [-0.15, -0.1) is 0 Å². The zero-order valence-corrected chi connectivity index (χ0v) is 18.9. The SMILES string of the molecule is O=P([O-])([O-])c1cccc(-c2cc(Cl)c(Cl)cc2Cl)c1-c1cc(Cl)c(Cl)cc1Cl. The standard InChI is InChI=1S/C18H9Cl6O3P/c19-11-6-15(23)13(21)4-9(11)8-2-1-3-17(28(25,26)27)18(8)10-5-14(22)16(24)7-12(10)20/h1-7H,(H2,25,26,27)/p-2. The number of hydrogen-bond acceptors (Lipinski definition) is 3. The van der Waals surface area contributed by atoms with Gasteiger partial charge in [0, 0.05) is 16.1 Å². The van der Waals surface area contributed by atoms with E-state index in [0.29, 0.717) is 11.1 Å². The van der Waals surface area contributed by atoms with Gasteiger partial charge in [0.2, 0.25) is 0 Å². The van der Waals surface area contributed by atoms with Crippen molar-refractivity contribution in [3.63, 3.8) is 0 Å². The Morgan fingerprint density at radius 1 is 0.607 bits per heavy atom. The molecule has 0 aliphatic rings. The second kappa shape index (κ2) is 8.35. The molecule has 0 unspecified atom stereocenters. The molecule has 0 heterocycles. The van der Waals surface area contributed by atoms with Crippen LogP contribution in [0.5, 0.6) is 0 Å². The van der Waals surface area contributed by atoms with Crippen molar-refractivity contribution in [3.8, 4) is 22.3 Å². The van der Waals surface area contributed by atoms with E-state index in [1.807, 2.05) is 0 Å². The molecule has 0 N–H and O–H groups in total. The number of hydrogen-bond donors (Lipinski definition) is 0. The van der Waals surface area contributed by atoms with Crippen molar-refractivity contribution in [2.45, 2.75) is 0 Å². The van der Waals surface area contributed by atoms with Crippen LogP contribution >= 0.6 is 77.2 Å². The van der Waals surface area contributed by atoms with Gasteiger partial charge < -0.3 is 14.4 Å². The van der Waals surface area contributed by atoms with Crippen LogP contribution in [0.3, 0.4) is 0 Å². The molecule has 0 spiro atoms. The lowest BCUT2D eigenvalue weighted by molar-refractivity contribution is -0.307. The zero-order chi connectivity index (χ0) is 20.8. The highest BCUT2D eigenvalue weighted by Gasteiger charge is 2.20. The van der Waals surface area contributed by atoms with Gasteiger partial charge in [0.25, 0.3) is 0 Å². The van der Waals surface area contributed by atoms with E-state index in [2.05, 4.69) is 0 Å². The minimum atomic E-state index is -5.19. The van der Waals surface area contributed by atoms with Crippen LogP contribution in [-0.4, -0.2) is 0 Å². The van der Waals surface area contributed by atoms with Gasteiger partial charge >= 0.3 is 0 Å². The van der Waals surface area contributed by atoms with Crippen LogP contribution in [0, 0.1) is 0 Å². The molecule has 0 aliphatic heterocycles. The Kier molecular flexibility index (Phi) is 6.64. The first-order valence-electron chi connectivity index (χ1n) is 7.46. The zero-order valence-electron chi connectivity index (χ0n) is 13.5. The number of rotatable bonds is 3. The third kappa shape index (κ3) is 4.34. The van der Waals surface area contributed by atoms with Gasteiger partial charge in [-0.1, -0.05) is 87.8 Å². The second-order valence-corrected chi connectivity index (χ2v) is 9.61. The lowest BCUT2D eigenvalue weighted by atomic mass is 9.94. The third-order valence-corrected chi connectivity index (χ3v) is 6.95. The fourth-order valence-electron chi connectivity index (χ4n) is 2.72. The molecular weight excluding hydrogens is 508 g/mol. The molecule has 3 aromatic rings. The van der Waals surface area contributed by atoms with E-state index < -0.39 is 12.9 Å². The molecule has 3 nitrogen and oxygen atoms in total. The normalized spacial score (nSPS) is 11.7. The van der Waals surface area contributed by atoms with E-state index in [9.17, 15) is 14.4 Å². The van der Waals surface area contributed by atoms with Crippen LogP contribution in [0.4, 0.5) is 0 Å². The van der Waals surface area contributed by atoms with Crippen LogP contribution in [-0.2, 0) is 4.57 Å². The van der Waals surface area contributed by atoms with Gasteiger partial charge in [0.05, 0.1) is 25.1 Å². The minimum Gasteiger partial charge on any atom is -0.807 e. The molecule has 0 bridgehead atoms. The summed E-state index contributed by atoms with van der Waals surface area (Å²) < 4.78 is 12.0. The average molecular weight is 515 g/mol. The number of halogens is 6. The van der Waals surface area contributed by atoms with Crippen molar-refractivity contribution >= 4 is 82.5 Å². The van der Waals surface area contributed by atoms with Gasteiger partial charge in [0.1, 0.15) is 0 Å². The Balaban J connectivity index is 2.46. The second-order valence-electron chi connectivity index (χ2n) is 5.69. The summed E-state index contributed by atoms with van der Waals surface area (Å²) in [6.07, 6.45) is 0. The third-order valence-electron chi connectivity index (χ3n) is 3.92. The molecule has 146 valence electrons. The molecule has 0 saturated carbocycles. The predicted molar refractivity (Wildman–Crippen MR) is 115 cm³/mol. The molecule has 0 aromatic heterocycles. The number of benzene rings is 3. The summed E-state index contributed by atoms with van der Waals surface area (Å²) >= 11 is 36.8. The molecule has 0 aliphatic carbocycles. The topological polar surface area (TPSA) is 63.2 Å². The van der Waals surface area contributed by atoms with Crippen LogP contribution in [0.1, 0.15) is 0 Å². The van der Waals surface area contributed by atoms with Gasteiger partial charge in [-0.3, -0.25) is 0 Å². The lowest BCUT2D eigenvalue weighted by Gasteiger charge is -2.33. The summed E-state index contributed by atoms with van der Waals surface area (Å²) in [5.41, 5.74) is 0.923. The highest BCUT2D eigenvalue weighted by Crippen LogP contribution is 2.45. The molecule has 3 aromatic carbocycles. The largest absolute Gasteiger partial charge is 0.807 e. The summed E-state index contributed by atoms with van der Waals surface area (Å²) in [5.74, 6) is 0. The average Bonchev–Trinajstić information content (AvgIpc) is 2.60. The Morgan fingerprint density at radius 2 is 1.07 bits per heavy atom. The summed E-state index contributed by atoms with van der Waals surface area (Å²) in [6.45, 7) is 0. The van der Waals surface area contributed by atoms with E-state index in [4.69, 9.17) is 69.6 Å². The van der Waals surface area contributed by atoms with Crippen molar-refractivity contribution < 1.29 is 14.4 Å². The Bertz CT molecular complexity index is 1140. The summed E-state index contributed by atoms with van der Waals surface area (Å²) in [4.78, 5) is 23.9. The first kappa shape index (κ1) is 22.2. The predicted octanol–water partition coefficient (Wildman–Crippen LogP) is 6.48. The molecule has 0 atom stereocenters. The summed E-state index contributed by atoms with van der Waals surface area (Å²) in [5, 5.41) is 0.572. The van der Waals surface area contributed by atoms with E-state index in [0.717, 1.165) is 0 Å². The Hall–Kier alpha value is -0.450. The highest BCUT2D eigenvalue weighted by atomic mass is 35.5. The van der Waals surface area contributed by atoms with E-state index in [1.165, 1.54) is 36.4 Å². The molecule has 0 radical (unpaired) electrons. The first-order valence-corrected chi connectivity index (χ1v) is 11.3. The minimum absolute atomic E-state index is 0.0414. The first-order chi connectivity index (χ1) is 13.0. The van der Waals surface area contributed by atoms with Gasteiger partial charge in [-0.05, 0) is 48.3 Å². The van der Waals surface area contributed by atoms with Crippen molar-refractivity contribution in [2.24, 2.45) is 0 Å². The summed E-state index contributed by atoms with van der Waals surface area (Å²) in [6, 6.07) is 9.82. The maximum Gasteiger partial charge on any atom is 0.0607 e. The van der Waals surface area contributed by atoms with Crippen LogP contribution < -0.4 is 15.1 Å². The lowest BCUT2D eigenvalue weighted by Crippen LogP contribution is -2.26.